The van der Waals surface area contributed by atoms with Crippen molar-refractivity contribution >= 4 is 29.7 Å². The lowest BCUT2D eigenvalue weighted by Crippen LogP contribution is -2.16. The highest BCUT2D eigenvalue weighted by molar-refractivity contribution is 5.94. The topological polar surface area (TPSA) is 64.3 Å². The maximum absolute atomic E-state index is 12.3. The van der Waals surface area contributed by atoms with E-state index in [0.29, 0.717) is 23.5 Å². The minimum atomic E-state index is -0.0595. The average Bonchev–Trinajstić information content (AvgIpc) is 2.49. The maximum atomic E-state index is 12.3. The normalized spacial score (nSPS) is 11.3. The van der Waals surface area contributed by atoms with Crippen LogP contribution in [-0.4, -0.2) is 13.0 Å². The molecule has 0 bridgehead atoms. The molecule has 0 fully saturated rings. The van der Waals surface area contributed by atoms with Crippen LogP contribution >= 0.6 is 12.4 Å². The van der Waals surface area contributed by atoms with Crippen molar-refractivity contribution in [2.24, 2.45) is 0 Å². The summed E-state index contributed by atoms with van der Waals surface area (Å²) in [5, 5.41) is 2.86. The number of rotatable bonds is 5. The molecule has 3 N–H and O–H groups in total. The molecule has 23 heavy (non-hydrogen) atoms. The van der Waals surface area contributed by atoms with Crippen LogP contribution in [0.4, 0.5) is 11.4 Å². The molecule has 2 aromatic rings. The minimum Gasteiger partial charge on any atom is -0.497 e. The number of benzene rings is 2. The van der Waals surface area contributed by atoms with E-state index in [-0.39, 0.29) is 24.2 Å². The number of ether oxygens (including phenoxy) is 1. The van der Waals surface area contributed by atoms with Crippen LogP contribution in [0.5, 0.6) is 5.75 Å². The standard InChI is InChI=1S/C18H22N2O2.ClH/c1-12-6-4-5-7-15(12)13(2)10-18(21)20-17-11-14(22-3)8-9-16(17)19;/h4-9,11,13H,10,19H2,1-3H3,(H,20,21);1H. The second-order valence-corrected chi connectivity index (χ2v) is 5.46. The van der Waals surface area contributed by atoms with E-state index >= 15 is 0 Å². The number of aryl methyl sites for hydroxylation is 1. The molecule has 0 heterocycles. The molecule has 0 spiro atoms. The molecule has 0 aliphatic rings. The molecule has 2 aromatic carbocycles. The number of nitrogens with two attached hydrogens (primary N) is 1. The highest BCUT2D eigenvalue weighted by atomic mass is 35.5. The fourth-order valence-corrected chi connectivity index (χ4v) is 2.50. The Morgan fingerprint density at radius 3 is 2.61 bits per heavy atom. The van der Waals surface area contributed by atoms with Crippen molar-refractivity contribution < 1.29 is 9.53 Å². The van der Waals surface area contributed by atoms with E-state index in [9.17, 15) is 4.79 Å². The Bertz CT molecular complexity index is 674. The summed E-state index contributed by atoms with van der Waals surface area (Å²) in [4.78, 5) is 12.3. The highest BCUT2D eigenvalue weighted by Gasteiger charge is 2.14. The number of anilines is 2. The van der Waals surface area contributed by atoms with Crippen LogP contribution in [0, 0.1) is 6.92 Å². The second-order valence-electron chi connectivity index (χ2n) is 5.46. The van der Waals surface area contributed by atoms with Gasteiger partial charge >= 0.3 is 0 Å². The number of carbonyl (C=O) groups is 1. The molecule has 124 valence electrons. The molecule has 0 aromatic heterocycles. The van der Waals surface area contributed by atoms with Gasteiger partial charge in [0.05, 0.1) is 18.5 Å². The molecule has 5 heteroatoms. The summed E-state index contributed by atoms with van der Waals surface area (Å²) >= 11 is 0. The van der Waals surface area contributed by atoms with Gasteiger partial charge in [0.25, 0.3) is 0 Å². The SMILES string of the molecule is COc1ccc(N)c(NC(=O)CC(C)c2ccccc2C)c1.Cl. The maximum Gasteiger partial charge on any atom is 0.225 e. The number of hydrogen-bond acceptors (Lipinski definition) is 3. The highest BCUT2D eigenvalue weighted by Crippen LogP contribution is 2.26. The molecule has 0 radical (unpaired) electrons. The molecule has 1 amide bonds. The van der Waals surface area contributed by atoms with Crippen LogP contribution in [0.1, 0.15) is 30.4 Å². The van der Waals surface area contributed by atoms with Crippen LogP contribution < -0.4 is 15.8 Å². The molecule has 1 unspecified atom stereocenters. The number of carbonyl (C=O) groups excluding carboxylic acids is 1. The van der Waals surface area contributed by atoms with Gasteiger partial charge in [-0.15, -0.1) is 12.4 Å². The van der Waals surface area contributed by atoms with Gasteiger partial charge in [0.2, 0.25) is 5.91 Å². The molecular formula is C18H23ClN2O2. The van der Waals surface area contributed by atoms with E-state index in [1.807, 2.05) is 12.1 Å². The number of nitrogen functional groups attached to an aromatic ring is 1. The van der Waals surface area contributed by atoms with Crippen molar-refractivity contribution in [1.82, 2.24) is 0 Å². The van der Waals surface area contributed by atoms with Crippen LogP contribution in [0.2, 0.25) is 0 Å². The van der Waals surface area contributed by atoms with E-state index in [1.165, 1.54) is 11.1 Å². The Morgan fingerprint density at radius 1 is 1.26 bits per heavy atom. The number of methoxy groups -OCH3 is 1. The monoisotopic (exact) mass is 334 g/mol. The first-order valence-corrected chi connectivity index (χ1v) is 7.30. The van der Waals surface area contributed by atoms with Gasteiger partial charge in [-0.2, -0.15) is 0 Å². The lowest BCUT2D eigenvalue weighted by molar-refractivity contribution is -0.116. The molecule has 0 aliphatic carbocycles. The van der Waals surface area contributed by atoms with Gasteiger partial charge in [-0.1, -0.05) is 31.2 Å². The third-order valence-electron chi connectivity index (χ3n) is 3.75. The summed E-state index contributed by atoms with van der Waals surface area (Å²) in [5.74, 6) is 0.750. The Labute approximate surface area is 143 Å². The molecule has 2 rings (SSSR count). The summed E-state index contributed by atoms with van der Waals surface area (Å²) in [7, 11) is 1.58. The number of amides is 1. The van der Waals surface area contributed by atoms with Crippen LogP contribution in [-0.2, 0) is 4.79 Å². The molecule has 1 atom stereocenters. The smallest absolute Gasteiger partial charge is 0.225 e. The van der Waals surface area contributed by atoms with Gasteiger partial charge in [-0.25, -0.2) is 0 Å². The van der Waals surface area contributed by atoms with Crippen molar-refractivity contribution in [2.75, 3.05) is 18.2 Å². The van der Waals surface area contributed by atoms with Crippen molar-refractivity contribution in [3.8, 4) is 5.75 Å². The van der Waals surface area contributed by atoms with Crippen LogP contribution in [0.25, 0.3) is 0 Å². The van der Waals surface area contributed by atoms with Gasteiger partial charge in [0, 0.05) is 12.5 Å². The zero-order valence-electron chi connectivity index (χ0n) is 13.6. The zero-order chi connectivity index (χ0) is 16.1. The van der Waals surface area contributed by atoms with Gasteiger partial charge in [-0.05, 0) is 36.1 Å². The summed E-state index contributed by atoms with van der Waals surface area (Å²) in [6.45, 7) is 4.11. The zero-order valence-corrected chi connectivity index (χ0v) is 14.4. The van der Waals surface area contributed by atoms with Crippen molar-refractivity contribution in [2.45, 2.75) is 26.2 Å². The van der Waals surface area contributed by atoms with E-state index in [1.54, 1.807) is 25.3 Å². The lowest BCUT2D eigenvalue weighted by Gasteiger charge is -2.15. The van der Waals surface area contributed by atoms with Crippen molar-refractivity contribution in [3.05, 3.63) is 53.6 Å². The molecule has 0 saturated heterocycles. The fourth-order valence-electron chi connectivity index (χ4n) is 2.50. The van der Waals surface area contributed by atoms with Crippen LogP contribution in [0.3, 0.4) is 0 Å². The second kappa shape index (κ2) is 8.44. The fraction of sp³-hybridized carbons (Fsp3) is 0.278. The quantitative estimate of drug-likeness (QED) is 0.808. The van der Waals surface area contributed by atoms with E-state index in [4.69, 9.17) is 10.5 Å². The number of hydrogen-bond donors (Lipinski definition) is 2. The van der Waals surface area contributed by atoms with Crippen molar-refractivity contribution in [1.29, 1.82) is 0 Å². The minimum absolute atomic E-state index is 0. The van der Waals surface area contributed by atoms with E-state index in [0.717, 1.165) is 0 Å². The number of halogens is 1. The molecular weight excluding hydrogens is 312 g/mol. The first-order valence-electron chi connectivity index (χ1n) is 7.30. The Balaban J connectivity index is 0.00000264. The Hall–Kier alpha value is -2.20. The lowest BCUT2D eigenvalue weighted by atomic mass is 9.93. The Morgan fingerprint density at radius 2 is 1.96 bits per heavy atom. The summed E-state index contributed by atoms with van der Waals surface area (Å²) in [6, 6.07) is 13.3. The molecule has 4 nitrogen and oxygen atoms in total. The van der Waals surface area contributed by atoms with Crippen LogP contribution in [0.15, 0.2) is 42.5 Å². The predicted molar refractivity (Wildman–Crippen MR) is 97.5 cm³/mol. The van der Waals surface area contributed by atoms with E-state index in [2.05, 4.69) is 31.3 Å². The predicted octanol–water partition coefficient (Wildman–Crippen LogP) is 4.14. The third-order valence-corrected chi connectivity index (χ3v) is 3.75. The Kier molecular flexibility index (Phi) is 6.91. The summed E-state index contributed by atoms with van der Waals surface area (Å²) in [5.41, 5.74) is 9.39. The van der Waals surface area contributed by atoms with Gasteiger partial charge in [0.15, 0.2) is 0 Å². The summed E-state index contributed by atoms with van der Waals surface area (Å²) in [6.07, 6.45) is 0.404. The number of nitrogens with one attached hydrogen (secondary N) is 1. The van der Waals surface area contributed by atoms with Crippen molar-refractivity contribution in [3.63, 3.8) is 0 Å². The third kappa shape index (κ3) is 4.89. The first kappa shape index (κ1) is 18.8. The molecule has 0 saturated carbocycles. The molecule has 0 aliphatic heterocycles. The van der Waals surface area contributed by atoms with Gasteiger partial charge < -0.3 is 15.8 Å². The first-order chi connectivity index (χ1) is 10.5. The largest absolute Gasteiger partial charge is 0.497 e. The van der Waals surface area contributed by atoms with Gasteiger partial charge in [0.1, 0.15) is 5.75 Å². The summed E-state index contributed by atoms with van der Waals surface area (Å²) < 4.78 is 5.15. The van der Waals surface area contributed by atoms with E-state index < -0.39 is 0 Å². The average molecular weight is 335 g/mol. The van der Waals surface area contributed by atoms with Gasteiger partial charge in [-0.3, -0.25) is 4.79 Å².